The number of ketones is 1. The van der Waals surface area contributed by atoms with Crippen LogP contribution in [0.25, 0.3) is 0 Å². The second-order valence-corrected chi connectivity index (χ2v) is 5.29. The minimum absolute atomic E-state index is 0.114. The molecular weight excluding hydrogens is 280 g/mol. The molecule has 1 fully saturated rings. The van der Waals surface area contributed by atoms with Crippen molar-refractivity contribution in [3.8, 4) is 11.5 Å². The second-order valence-electron chi connectivity index (χ2n) is 5.29. The number of nitrogens with one attached hydrogen (secondary N) is 1. The number of ether oxygens (including phenoxy) is 2. The Hall–Kier alpha value is -1.59. The highest BCUT2D eigenvalue weighted by molar-refractivity contribution is 5.99. The Morgan fingerprint density at radius 2 is 1.91 bits per heavy atom. The molecule has 0 radical (unpaired) electrons. The first-order chi connectivity index (χ1) is 10.7. The first-order valence-electron chi connectivity index (χ1n) is 8.10. The van der Waals surface area contributed by atoms with Crippen molar-refractivity contribution in [2.45, 2.75) is 20.3 Å². The van der Waals surface area contributed by atoms with E-state index >= 15 is 0 Å². The van der Waals surface area contributed by atoms with E-state index in [9.17, 15) is 4.79 Å². The zero-order chi connectivity index (χ0) is 15.8. The summed E-state index contributed by atoms with van der Waals surface area (Å²) in [6, 6.07) is 5.47. The van der Waals surface area contributed by atoms with E-state index in [1.54, 1.807) is 6.07 Å². The fraction of sp³-hybridized carbons (Fsp3) is 0.588. The summed E-state index contributed by atoms with van der Waals surface area (Å²) in [6.45, 7) is 9.79. The minimum Gasteiger partial charge on any atom is -0.494 e. The molecule has 0 atom stereocenters. The van der Waals surface area contributed by atoms with Crippen LogP contribution in [0, 0.1) is 0 Å². The van der Waals surface area contributed by atoms with Gasteiger partial charge in [0.25, 0.3) is 0 Å². The van der Waals surface area contributed by atoms with Gasteiger partial charge in [0.15, 0.2) is 5.78 Å². The third-order valence-electron chi connectivity index (χ3n) is 3.73. The predicted molar refractivity (Wildman–Crippen MR) is 87.0 cm³/mol. The zero-order valence-corrected chi connectivity index (χ0v) is 13.6. The van der Waals surface area contributed by atoms with Gasteiger partial charge in [0.2, 0.25) is 0 Å². The summed E-state index contributed by atoms with van der Waals surface area (Å²) in [5.74, 6) is 1.48. The lowest BCUT2D eigenvalue weighted by Crippen LogP contribution is -2.44. The van der Waals surface area contributed by atoms with E-state index in [2.05, 4.69) is 10.2 Å². The number of carbonyl (C=O) groups is 1. The molecule has 0 spiro atoms. The molecule has 5 heteroatoms. The Kier molecular flexibility index (Phi) is 6.68. The molecule has 0 amide bonds. The van der Waals surface area contributed by atoms with Crippen LogP contribution in [0.15, 0.2) is 18.2 Å². The van der Waals surface area contributed by atoms with Gasteiger partial charge in [0.05, 0.1) is 18.8 Å². The van der Waals surface area contributed by atoms with Crippen LogP contribution < -0.4 is 14.8 Å². The molecule has 1 heterocycles. The maximum Gasteiger partial charge on any atom is 0.168 e. The molecule has 1 saturated heterocycles. The molecule has 0 unspecified atom stereocenters. The van der Waals surface area contributed by atoms with Crippen molar-refractivity contribution in [3.05, 3.63) is 23.8 Å². The van der Waals surface area contributed by atoms with Crippen LogP contribution >= 0.6 is 0 Å². The molecule has 1 aliphatic heterocycles. The van der Waals surface area contributed by atoms with Crippen LogP contribution in [-0.4, -0.2) is 56.6 Å². The Balaban J connectivity index is 2.03. The SMILES string of the molecule is CCOc1ccc(OCC)c(C(=O)CCN2CCNCC2)c1. The van der Waals surface area contributed by atoms with E-state index in [0.29, 0.717) is 30.9 Å². The number of Topliss-reactive ketones (excluding diaryl/α,β-unsaturated/α-hetero) is 1. The fourth-order valence-electron chi connectivity index (χ4n) is 2.59. The summed E-state index contributed by atoms with van der Waals surface area (Å²) >= 11 is 0. The number of carbonyl (C=O) groups excluding carboxylic acids is 1. The van der Waals surface area contributed by atoms with E-state index in [4.69, 9.17) is 9.47 Å². The van der Waals surface area contributed by atoms with E-state index in [0.717, 1.165) is 38.5 Å². The van der Waals surface area contributed by atoms with Crippen LogP contribution in [0.3, 0.4) is 0 Å². The predicted octanol–water partition coefficient (Wildman–Crippen LogP) is 1.96. The molecule has 0 saturated carbocycles. The third kappa shape index (κ3) is 4.71. The number of hydrogen-bond acceptors (Lipinski definition) is 5. The number of hydrogen-bond donors (Lipinski definition) is 1. The first-order valence-corrected chi connectivity index (χ1v) is 8.10. The van der Waals surface area contributed by atoms with Gasteiger partial charge in [-0.05, 0) is 32.0 Å². The summed E-state index contributed by atoms with van der Waals surface area (Å²) in [7, 11) is 0. The molecule has 0 aliphatic carbocycles. The van der Waals surface area contributed by atoms with Crippen molar-refractivity contribution in [1.82, 2.24) is 10.2 Å². The molecule has 1 aromatic carbocycles. The van der Waals surface area contributed by atoms with Crippen molar-refractivity contribution < 1.29 is 14.3 Å². The summed E-state index contributed by atoms with van der Waals surface area (Å²) in [6.07, 6.45) is 0.510. The molecule has 1 aromatic rings. The summed E-state index contributed by atoms with van der Waals surface area (Å²) in [5, 5.41) is 3.32. The van der Waals surface area contributed by atoms with Crippen LogP contribution in [0.4, 0.5) is 0 Å². The number of benzene rings is 1. The van der Waals surface area contributed by atoms with E-state index in [1.807, 2.05) is 26.0 Å². The number of rotatable bonds is 8. The highest BCUT2D eigenvalue weighted by Crippen LogP contribution is 2.26. The quantitative estimate of drug-likeness (QED) is 0.744. The van der Waals surface area contributed by atoms with Gasteiger partial charge in [0.1, 0.15) is 11.5 Å². The fourth-order valence-corrected chi connectivity index (χ4v) is 2.59. The number of nitrogens with zero attached hydrogens (tertiary/aromatic N) is 1. The van der Waals surface area contributed by atoms with Crippen molar-refractivity contribution in [2.75, 3.05) is 45.9 Å². The molecule has 2 rings (SSSR count). The molecule has 122 valence electrons. The highest BCUT2D eigenvalue weighted by Gasteiger charge is 2.16. The standard InChI is InChI=1S/C17H26N2O3/c1-3-21-14-5-6-17(22-4-2)15(13-14)16(20)7-10-19-11-8-18-9-12-19/h5-6,13,18H,3-4,7-12H2,1-2H3. The van der Waals surface area contributed by atoms with E-state index in [-0.39, 0.29) is 5.78 Å². The van der Waals surface area contributed by atoms with Gasteiger partial charge in [0, 0.05) is 39.1 Å². The molecule has 0 aromatic heterocycles. The largest absolute Gasteiger partial charge is 0.494 e. The lowest BCUT2D eigenvalue weighted by Gasteiger charge is -2.26. The monoisotopic (exact) mass is 306 g/mol. The average molecular weight is 306 g/mol. The van der Waals surface area contributed by atoms with Gasteiger partial charge in [-0.3, -0.25) is 4.79 Å². The van der Waals surface area contributed by atoms with Crippen LogP contribution in [0.1, 0.15) is 30.6 Å². The van der Waals surface area contributed by atoms with Gasteiger partial charge < -0.3 is 19.7 Å². The zero-order valence-electron chi connectivity index (χ0n) is 13.6. The van der Waals surface area contributed by atoms with Crippen molar-refractivity contribution in [3.63, 3.8) is 0 Å². The maximum atomic E-state index is 12.6. The summed E-state index contributed by atoms with van der Waals surface area (Å²) in [5.41, 5.74) is 0.628. The smallest absolute Gasteiger partial charge is 0.168 e. The van der Waals surface area contributed by atoms with Gasteiger partial charge >= 0.3 is 0 Å². The lowest BCUT2D eigenvalue weighted by molar-refractivity contribution is 0.0956. The van der Waals surface area contributed by atoms with Gasteiger partial charge in [-0.25, -0.2) is 0 Å². The maximum absolute atomic E-state index is 12.6. The molecule has 5 nitrogen and oxygen atoms in total. The summed E-state index contributed by atoms with van der Waals surface area (Å²) < 4.78 is 11.1. The Bertz CT molecular complexity index is 485. The second kappa shape index (κ2) is 8.76. The Labute approximate surface area is 132 Å². The van der Waals surface area contributed by atoms with Gasteiger partial charge in [-0.15, -0.1) is 0 Å². The molecule has 1 aliphatic rings. The van der Waals surface area contributed by atoms with Crippen molar-refractivity contribution in [1.29, 1.82) is 0 Å². The van der Waals surface area contributed by atoms with Crippen LogP contribution in [0.2, 0.25) is 0 Å². The summed E-state index contributed by atoms with van der Waals surface area (Å²) in [4.78, 5) is 14.9. The van der Waals surface area contributed by atoms with Gasteiger partial charge in [-0.1, -0.05) is 0 Å². The molecule has 22 heavy (non-hydrogen) atoms. The Morgan fingerprint density at radius 1 is 1.18 bits per heavy atom. The van der Waals surface area contributed by atoms with Crippen molar-refractivity contribution >= 4 is 5.78 Å². The van der Waals surface area contributed by atoms with E-state index < -0.39 is 0 Å². The lowest BCUT2D eigenvalue weighted by atomic mass is 10.1. The van der Waals surface area contributed by atoms with E-state index in [1.165, 1.54) is 0 Å². The molecule has 1 N–H and O–H groups in total. The van der Waals surface area contributed by atoms with Crippen molar-refractivity contribution in [2.24, 2.45) is 0 Å². The first kappa shape index (κ1) is 16.8. The topological polar surface area (TPSA) is 50.8 Å². The van der Waals surface area contributed by atoms with Gasteiger partial charge in [-0.2, -0.15) is 0 Å². The van der Waals surface area contributed by atoms with Crippen LogP contribution in [0.5, 0.6) is 11.5 Å². The van der Waals surface area contributed by atoms with Crippen LogP contribution in [-0.2, 0) is 0 Å². The normalized spacial score (nSPS) is 15.5. The molecule has 0 bridgehead atoms. The third-order valence-corrected chi connectivity index (χ3v) is 3.73. The minimum atomic E-state index is 0.114. The number of piperazine rings is 1. The average Bonchev–Trinajstić information content (AvgIpc) is 2.55. The highest BCUT2D eigenvalue weighted by atomic mass is 16.5. The Morgan fingerprint density at radius 3 is 2.59 bits per heavy atom. The molecular formula is C17H26N2O3.